The van der Waals surface area contributed by atoms with E-state index in [1.165, 1.54) is 24.8 Å². The van der Waals surface area contributed by atoms with Crippen LogP contribution in [0.2, 0.25) is 0 Å². The fraction of sp³-hybridized carbons (Fsp3) is 0.286. The molecule has 0 saturated heterocycles. The first-order chi connectivity index (χ1) is 11.9. The third-order valence-electron chi connectivity index (χ3n) is 4.29. The molecule has 0 amide bonds. The van der Waals surface area contributed by atoms with Crippen LogP contribution in [0.1, 0.15) is 44.2 Å². The number of thiol groups is 1. The van der Waals surface area contributed by atoms with Crippen molar-refractivity contribution in [1.82, 2.24) is 0 Å². The summed E-state index contributed by atoms with van der Waals surface area (Å²) in [5.41, 5.74) is 11.1. The quantitative estimate of drug-likeness (QED) is 0.268. The van der Waals surface area contributed by atoms with Crippen molar-refractivity contribution in [3.63, 3.8) is 0 Å². The van der Waals surface area contributed by atoms with E-state index in [1.807, 2.05) is 12.1 Å². The lowest BCUT2D eigenvalue weighted by molar-refractivity contribution is -0.132. The van der Waals surface area contributed by atoms with Crippen LogP contribution in [0.15, 0.2) is 46.9 Å². The van der Waals surface area contributed by atoms with Gasteiger partial charge >= 0.3 is 5.97 Å². The van der Waals surface area contributed by atoms with Crippen LogP contribution in [-0.2, 0) is 11.2 Å². The molecule has 0 spiro atoms. The zero-order valence-corrected chi connectivity index (χ0v) is 15.6. The van der Waals surface area contributed by atoms with Gasteiger partial charge in [0.15, 0.2) is 0 Å². The van der Waals surface area contributed by atoms with Gasteiger partial charge in [-0.05, 0) is 42.5 Å². The number of aliphatic carboxylic acids is 1. The Hall–Kier alpha value is -2.20. The van der Waals surface area contributed by atoms with E-state index >= 15 is 0 Å². The summed E-state index contributed by atoms with van der Waals surface area (Å²) in [6, 6.07) is 12.2. The molecule has 0 aliphatic carbocycles. The molecular weight excluding hydrogens is 330 g/mol. The minimum Gasteiger partial charge on any atom is -0.478 e. The lowest BCUT2D eigenvalue weighted by Gasteiger charge is -2.12. The van der Waals surface area contributed by atoms with E-state index < -0.39 is 5.97 Å². The van der Waals surface area contributed by atoms with Crippen LogP contribution < -0.4 is 5.73 Å². The summed E-state index contributed by atoms with van der Waals surface area (Å²) < 4.78 is 0. The molecule has 0 saturated carbocycles. The molecule has 132 valence electrons. The van der Waals surface area contributed by atoms with Crippen molar-refractivity contribution < 1.29 is 9.90 Å². The molecule has 3 N–H and O–H groups in total. The van der Waals surface area contributed by atoms with Crippen molar-refractivity contribution in [2.45, 2.75) is 44.4 Å². The highest BCUT2D eigenvalue weighted by Crippen LogP contribution is 2.34. The van der Waals surface area contributed by atoms with Crippen molar-refractivity contribution in [2.24, 2.45) is 0 Å². The van der Waals surface area contributed by atoms with Crippen LogP contribution in [-0.4, -0.2) is 11.1 Å². The number of benzene rings is 2. The monoisotopic (exact) mass is 355 g/mol. The Kier molecular flexibility index (Phi) is 6.71. The number of nitrogens with two attached hydrogens (primary N) is 1. The summed E-state index contributed by atoms with van der Waals surface area (Å²) in [6.45, 7) is 3.76. The summed E-state index contributed by atoms with van der Waals surface area (Å²) >= 11 is 4.49. The molecule has 3 nitrogen and oxygen atoms in total. The predicted octanol–water partition coefficient (Wildman–Crippen LogP) is 5.45. The molecule has 4 heteroatoms. The first kappa shape index (κ1) is 19.1. The summed E-state index contributed by atoms with van der Waals surface area (Å²) in [5.74, 6) is -0.950. The minimum absolute atomic E-state index is 0.249. The molecular formula is C21H25NO2S. The Morgan fingerprint density at radius 3 is 2.44 bits per heavy atom. The van der Waals surface area contributed by atoms with Gasteiger partial charge in [-0.15, -0.1) is 12.6 Å². The normalized spacial score (nSPS) is 11.6. The zero-order chi connectivity index (χ0) is 18.4. The number of carboxylic acids is 1. The second kappa shape index (κ2) is 8.77. The van der Waals surface area contributed by atoms with Gasteiger partial charge in [0, 0.05) is 16.0 Å². The molecule has 0 bridgehead atoms. The molecule has 2 rings (SSSR count). The predicted molar refractivity (Wildman–Crippen MR) is 108 cm³/mol. The maximum Gasteiger partial charge on any atom is 0.331 e. The van der Waals surface area contributed by atoms with Crippen LogP contribution in [0.4, 0.5) is 5.69 Å². The average molecular weight is 356 g/mol. The lowest BCUT2D eigenvalue weighted by atomic mass is 9.98. The first-order valence-corrected chi connectivity index (χ1v) is 9.01. The van der Waals surface area contributed by atoms with E-state index in [-0.39, 0.29) is 5.57 Å². The molecule has 2 aromatic carbocycles. The average Bonchev–Trinajstić information content (AvgIpc) is 2.60. The van der Waals surface area contributed by atoms with Gasteiger partial charge < -0.3 is 10.8 Å². The zero-order valence-electron chi connectivity index (χ0n) is 14.7. The Bertz CT molecular complexity index is 779. The van der Waals surface area contributed by atoms with Gasteiger partial charge in [0.25, 0.3) is 0 Å². The molecule has 0 aliphatic rings. The molecule has 0 radical (unpaired) electrons. The highest BCUT2D eigenvalue weighted by Gasteiger charge is 2.10. The van der Waals surface area contributed by atoms with Crippen LogP contribution in [0.25, 0.3) is 17.2 Å². The smallest absolute Gasteiger partial charge is 0.331 e. The number of nitrogen functional groups attached to an aromatic ring is 1. The number of hydrogen-bond acceptors (Lipinski definition) is 3. The van der Waals surface area contributed by atoms with E-state index in [1.54, 1.807) is 13.0 Å². The molecule has 2 aromatic rings. The van der Waals surface area contributed by atoms with Gasteiger partial charge in [0.1, 0.15) is 0 Å². The first-order valence-electron chi connectivity index (χ1n) is 8.56. The van der Waals surface area contributed by atoms with Gasteiger partial charge in [-0.3, -0.25) is 0 Å². The Balaban J connectivity index is 2.27. The lowest BCUT2D eigenvalue weighted by Crippen LogP contribution is -1.98. The van der Waals surface area contributed by atoms with E-state index in [2.05, 4.69) is 43.8 Å². The summed E-state index contributed by atoms with van der Waals surface area (Å²) in [6.07, 6.45) is 6.37. The van der Waals surface area contributed by atoms with Crippen LogP contribution >= 0.6 is 12.6 Å². The van der Waals surface area contributed by atoms with Gasteiger partial charge in [-0.2, -0.15) is 0 Å². The molecule has 0 atom stereocenters. The van der Waals surface area contributed by atoms with Crippen LogP contribution in [0.5, 0.6) is 0 Å². The largest absolute Gasteiger partial charge is 0.478 e. The van der Waals surface area contributed by atoms with Crippen molar-refractivity contribution in [1.29, 1.82) is 0 Å². The van der Waals surface area contributed by atoms with Crippen molar-refractivity contribution in [3.8, 4) is 11.1 Å². The van der Waals surface area contributed by atoms with Crippen LogP contribution in [0.3, 0.4) is 0 Å². The molecule has 0 aliphatic heterocycles. The SMILES string of the molecule is CCCCCc1ccc(-c2ccc(C=C(C)C(=O)O)c(S)c2N)cc1. The molecule has 0 fully saturated rings. The van der Waals surface area contributed by atoms with Gasteiger partial charge in [-0.25, -0.2) is 4.79 Å². The third-order valence-corrected chi connectivity index (χ3v) is 4.79. The van der Waals surface area contributed by atoms with Crippen molar-refractivity contribution in [2.75, 3.05) is 5.73 Å². The standard InChI is InChI=1S/C21H25NO2S/c1-3-4-5-6-15-7-9-16(10-8-15)18-12-11-17(20(25)19(18)22)13-14(2)21(23)24/h7-13,25H,3-6,22H2,1-2H3,(H,23,24). The molecule has 0 unspecified atom stereocenters. The fourth-order valence-electron chi connectivity index (χ4n) is 2.72. The number of aryl methyl sites for hydroxylation is 1. The van der Waals surface area contributed by atoms with Gasteiger partial charge in [0.05, 0.1) is 5.69 Å². The second-order valence-electron chi connectivity index (χ2n) is 6.25. The Labute approximate surface area is 155 Å². The number of rotatable bonds is 7. The van der Waals surface area contributed by atoms with Crippen molar-refractivity contribution >= 4 is 30.4 Å². The third kappa shape index (κ3) is 4.89. The van der Waals surface area contributed by atoms with E-state index in [9.17, 15) is 4.79 Å². The molecule has 25 heavy (non-hydrogen) atoms. The summed E-state index contributed by atoms with van der Waals surface area (Å²) in [7, 11) is 0. The highest BCUT2D eigenvalue weighted by atomic mass is 32.1. The summed E-state index contributed by atoms with van der Waals surface area (Å²) in [5, 5.41) is 9.01. The maximum atomic E-state index is 11.0. The number of unbranched alkanes of at least 4 members (excludes halogenated alkanes) is 2. The molecule has 0 aromatic heterocycles. The van der Waals surface area contributed by atoms with Crippen molar-refractivity contribution in [3.05, 3.63) is 53.1 Å². The van der Waals surface area contributed by atoms with E-state index in [0.29, 0.717) is 16.1 Å². The number of carboxylic acid groups (broad SMARTS) is 1. The van der Waals surface area contributed by atoms with Crippen LogP contribution in [0, 0.1) is 0 Å². The van der Waals surface area contributed by atoms with E-state index in [0.717, 1.165) is 17.5 Å². The topological polar surface area (TPSA) is 63.3 Å². The minimum atomic E-state index is -0.950. The summed E-state index contributed by atoms with van der Waals surface area (Å²) in [4.78, 5) is 11.6. The van der Waals surface area contributed by atoms with E-state index in [4.69, 9.17) is 10.8 Å². The molecule has 0 heterocycles. The number of anilines is 1. The fourth-order valence-corrected chi connectivity index (χ4v) is 2.98. The highest BCUT2D eigenvalue weighted by molar-refractivity contribution is 7.80. The maximum absolute atomic E-state index is 11.0. The van der Waals surface area contributed by atoms with Gasteiger partial charge in [-0.1, -0.05) is 56.2 Å². The Morgan fingerprint density at radius 1 is 1.16 bits per heavy atom. The second-order valence-corrected chi connectivity index (χ2v) is 6.70. The van der Waals surface area contributed by atoms with Gasteiger partial charge in [0.2, 0.25) is 0 Å². The Morgan fingerprint density at radius 2 is 1.84 bits per heavy atom. The number of hydrogen-bond donors (Lipinski definition) is 3. The number of carbonyl (C=O) groups is 1.